The average Bonchev–Trinajstić information content (AvgIpc) is 2.46. The highest BCUT2D eigenvalue weighted by Gasteiger charge is 2.40. The summed E-state index contributed by atoms with van der Waals surface area (Å²) in [5, 5.41) is 10.6. The summed E-state index contributed by atoms with van der Waals surface area (Å²) in [6.45, 7) is 8.06. The fraction of sp³-hybridized carbons (Fsp3) is 0.650. The summed E-state index contributed by atoms with van der Waals surface area (Å²) in [6, 6.07) is 0. The lowest BCUT2D eigenvalue weighted by atomic mass is 9.80. The molecule has 0 spiro atoms. The Kier molecular flexibility index (Phi) is 5.51. The Morgan fingerprint density at radius 3 is 2.52 bits per heavy atom. The SMILES string of the molecule is C/C1=C/CC[C@@](C)(O)/C=C\[C@@]2(C(C)C)CC/C(=C\CC1)C(=O)O2. The summed E-state index contributed by atoms with van der Waals surface area (Å²) in [6.07, 6.45) is 12.8. The van der Waals surface area contributed by atoms with Crippen LogP contribution in [0.4, 0.5) is 0 Å². The summed E-state index contributed by atoms with van der Waals surface area (Å²) >= 11 is 0. The molecule has 0 aromatic carbocycles. The van der Waals surface area contributed by atoms with Crippen LogP contribution in [0.25, 0.3) is 0 Å². The summed E-state index contributed by atoms with van der Waals surface area (Å²) in [4.78, 5) is 12.4. The first-order valence-corrected chi connectivity index (χ1v) is 8.75. The van der Waals surface area contributed by atoms with Crippen molar-refractivity contribution in [3.63, 3.8) is 0 Å². The number of carbonyl (C=O) groups excluding carboxylic acids is 1. The number of esters is 1. The number of rotatable bonds is 1. The van der Waals surface area contributed by atoms with E-state index in [2.05, 4.69) is 26.8 Å². The van der Waals surface area contributed by atoms with Gasteiger partial charge in [-0.15, -0.1) is 0 Å². The van der Waals surface area contributed by atoms with Crippen molar-refractivity contribution in [2.24, 2.45) is 5.92 Å². The predicted octanol–water partition coefficient (Wildman–Crippen LogP) is 4.47. The first-order valence-electron chi connectivity index (χ1n) is 8.75. The Balaban J connectivity index is 2.35. The van der Waals surface area contributed by atoms with Crippen LogP contribution in [0.3, 0.4) is 0 Å². The van der Waals surface area contributed by atoms with Crippen LogP contribution in [-0.2, 0) is 9.53 Å². The van der Waals surface area contributed by atoms with E-state index < -0.39 is 11.2 Å². The molecule has 3 aliphatic rings. The highest BCUT2D eigenvalue weighted by molar-refractivity contribution is 5.89. The molecule has 23 heavy (non-hydrogen) atoms. The maximum atomic E-state index is 12.4. The number of carbonyl (C=O) groups is 1. The molecule has 0 unspecified atom stereocenters. The molecule has 2 aliphatic heterocycles. The zero-order valence-corrected chi connectivity index (χ0v) is 14.9. The highest BCUT2D eigenvalue weighted by Crippen LogP contribution is 2.37. The molecule has 1 saturated heterocycles. The Hall–Kier alpha value is -1.35. The average molecular weight is 318 g/mol. The maximum Gasteiger partial charge on any atom is 0.334 e. The second-order valence-electron chi connectivity index (χ2n) is 7.55. The van der Waals surface area contributed by atoms with Crippen molar-refractivity contribution in [3.8, 4) is 0 Å². The van der Waals surface area contributed by atoms with Gasteiger partial charge < -0.3 is 9.84 Å². The van der Waals surface area contributed by atoms with Crippen LogP contribution in [0.2, 0.25) is 0 Å². The number of allylic oxidation sites excluding steroid dienone is 3. The third kappa shape index (κ3) is 4.57. The molecule has 0 amide bonds. The molecule has 3 rings (SSSR count). The van der Waals surface area contributed by atoms with Gasteiger partial charge in [0.15, 0.2) is 0 Å². The van der Waals surface area contributed by atoms with E-state index >= 15 is 0 Å². The van der Waals surface area contributed by atoms with Gasteiger partial charge in [0.2, 0.25) is 0 Å². The van der Waals surface area contributed by atoms with E-state index in [1.165, 1.54) is 5.57 Å². The fourth-order valence-electron chi connectivity index (χ4n) is 3.21. The molecule has 2 atom stereocenters. The van der Waals surface area contributed by atoms with Crippen molar-refractivity contribution in [2.75, 3.05) is 0 Å². The van der Waals surface area contributed by atoms with E-state index in [9.17, 15) is 9.90 Å². The lowest BCUT2D eigenvalue weighted by Gasteiger charge is -2.39. The summed E-state index contributed by atoms with van der Waals surface area (Å²) in [5.41, 5.74) is 0.616. The van der Waals surface area contributed by atoms with E-state index in [4.69, 9.17) is 4.74 Å². The van der Waals surface area contributed by atoms with Crippen molar-refractivity contribution in [1.29, 1.82) is 0 Å². The van der Waals surface area contributed by atoms with Gasteiger partial charge >= 0.3 is 5.97 Å². The minimum absolute atomic E-state index is 0.176. The van der Waals surface area contributed by atoms with Gasteiger partial charge in [0, 0.05) is 5.57 Å². The van der Waals surface area contributed by atoms with E-state index in [0.717, 1.165) is 37.7 Å². The Morgan fingerprint density at radius 2 is 1.87 bits per heavy atom. The van der Waals surface area contributed by atoms with Gasteiger partial charge in [-0.1, -0.05) is 37.6 Å². The van der Waals surface area contributed by atoms with Crippen LogP contribution in [0.5, 0.6) is 0 Å². The van der Waals surface area contributed by atoms with E-state index in [1.54, 1.807) is 0 Å². The Labute approximate surface area is 140 Å². The molecular weight excluding hydrogens is 288 g/mol. The first-order chi connectivity index (χ1) is 10.7. The van der Waals surface area contributed by atoms with Crippen molar-refractivity contribution >= 4 is 5.97 Å². The van der Waals surface area contributed by atoms with Crippen LogP contribution in [0.1, 0.15) is 66.2 Å². The molecule has 128 valence electrons. The van der Waals surface area contributed by atoms with Gasteiger partial charge in [-0.2, -0.15) is 0 Å². The van der Waals surface area contributed by atoms with Crippen LogP contribution < -0.4 is 0 Å². The zero-order valence-electron chi connectivity index (χ0n) is 14.9. The fourth-order valence-corrected chi connectivity index (χ4v) is 3.21. The van der Waals surface area contributed by atoms with E-state index in [0.29, 0.717) is 6.42 Å². The van der Waals surface area contributed by atoms with Gasteiger partial charge in [-0.25, -0.2) is 4.79 Å². The Bertz CT molecular complexity index is 537. The lowest BCUT2D eigenvalue weighted by Crippen LogP contribution is -2.43. The number of fused-ring (bicyclic) bond motifs is 9. The molecule has 0 aromatic heterocycles. The predicted molar refractivity (Wildman–Crippen MR) is 93.0 cm³/mol. The maximum absolute atomic E-state index is 12.4. The second-order valence-corrected chi connectivity index (χ2v) is 7.55. The molecule has 1 fully saturated rings. The third-order valence-corrected chi connectivity index (χ3v) is 5.10. The quantitative estimate of drug-likeness (QED) is 0.573. The van der Waals surface area contributed by atoms with Crippen molar-refractivity contribution < 1.29 is 14.6 Å². The van der Waals surface area contributed by atoms with Gasteiger partial charge in [-0.05, 0) is 64.4 Å². The first kappa shape index (κ1) is 18.0. The van der Waals surface area contributed by atoms with E-state index in [1.807, 2.05) is 25.2 Å². The van der Waals surface area contributed by atoms with Crippen molar-refractivity contribution in [3.05, 3.63) is 35.5 Å². The van der Waals surface area contributed by atoms with E-state index in [-0.39, 0.29) is 11.9 Å². The second kappa shape index (κ2) is 7.04. The monoisotopic (exact) mass is 318 g/mol. The molecule has 0 aromatic rings. The molecule has 3 nitrogen and oxygen atoms in total. The van der Waals surface area contributed by atoms with Gasteiger partial charge in [0.05, 0.1) is 5.60 Å². The van der Waals surface area contributed by atoms with Crippen LogP contribution in [-0.4, -0.2) is 22.3 Å². The smallest absolute Gasteiger partial charge is 0.334 e. The van der Waals surface area contributed by atoms with Gasteiger partial charge in [-0.3, -0.25) is 0 Å². The molecule has 3 heteroatoms. The highest BCUT2D eigenvalue weighted by atomic mass is 16.6. The largest absolute Gasteiger partial charge is 0.451 e. The number of aliphatic hydroxyl groups is 1. The molecule has 2 bridgehead atoms. The standard InChI is InChI=1S/C20H30O3/c1-15(2)20-12-10-17(18(21)23-20)9-5-7-16(3)8-6-11-19(4,22)13-14-20/h8-9,13-15,22H,5-7,10-12H2,1-4H3/b14-13-,16-8-,17-9+/t19-,20-/m1/s1. The van der Waals surface area contributed by atoms with Crippen LogP contribution in [0, 0.1) is 5.92 Å². The lowest BCUT2D eigenvalue weighted by molar-refractivity contribution is -0.159. The number of ether oxygens (including phenoxy) is 1. The molecule has 0 saturated carbocycles. The van der Waals surface area contributed by atoms with Crippen molar-refractivity contribution in [2.45, 2.75) is 77.4 Å². The molecule has 1 aliphatic carbocycles. The summed E-state index contributed by atoms with van der Waals surface area (Å²) in [5.74, 6) is -0.0250. The normalized spacial score (nSPS) is 39.0. The topological polar surface area (TPSA) is 46.5 Å². The zero-order chi connectivity index (χ0) is 17.1. The Morgan fingerprint density at radius 1 is 1.13 bits per heavy atom. The van der Waals surface area contributed by atoms with Crippen LogP contribution >= 0.6 is 0 Å². The van der Waals surface area contributed by atoms with Gasteiger partial charge in [0.1, 0.15) is 5.60 Å². The molecular formula is C20H30O3. The minimum atomic E-state index is -0.884. The van der Waals surface area contributed by atoms with Gasteiger partial charge in [0.25, 0.3) is 0 Å². The van der Waals surface area contributed by atoms with Crippen molar-refractivity contribution in [1.82, 2.24) is 0 Å². The molecule has 1 N–H and O–H groups in total. The summed E-state index contributed by atoms with van der Waals surface area (Å²) < 4.78 is 5.84. The molecule has 2 heterocycles. The number of hydrogen-bond donors (Lipinski definition) is 1. The summed E-state index contributed by atoms with van der Waals surface area (Å²) in [7, 11) is 0. The third-order valence-electron chi connectivity index (χ3n) is 5.10. The molecule has 0 radical (unpaired) electrons. The number of hydrogen-bond acceptors (Lipinski definition) is 3. The minimum Gasteiger partial charge on any atom is -0.451 e. The van der Waals surface area contributed by atoms with Crippen LogP contribution in [0.15, 0.2) is 35.5 Å².